The van der Waals surface area contributed by atoms with E-state index in [4.69, 9.17) is 0 Å². The van der Waals surface area contributed by atoms with Crippen LogP contribution in [0.4, 0.5) is 0 Å². The maximum Gasteiger partial charge on any atom is 0.265 e. The fraction of sp³-hybridized carbons (Fsp3) is 0.615. The van der Waals surface area contributed by atoms with E-state index in [0.29, 0.717) is 12.1 Å². The maximum atomic E-state index is 12.7. The van der Waals surface area contributed by atoms with Crippen LogP contribution >= 0.6 is 35.5 Å². The van der Waals surface area contributed by atoms with Gasteiger partial charge in [-0.3, -0.25) is 4.79 Å². The van der Waals surface area contributed by atoms with Crippen molar-refractivity contribution in [2.24, 2.45) is 0 Å². The molecule has 19 heavy (non-hydrogen) atoms. The van der Waals surface area contributed by atoms with E-state index in [2.05, 4.69) is 16.3 Å². The molecule has 0 radical (unpaired) electrons. The van der Waals surface area contributed by atoms with Gasteiger partial charge in [0.1, 0.15) is 4.88 Å². The van der Waals surface area contributed by atoms with Crippen molar-refractivity contribution in [3.63, 3.8) is 0 Å². The Hall–Kier alpha value is -0.230. The zero-order valence-electron chi connectivity index (χ0n) is 10.9. The summed E-state index contributed by atoms with van der Waals surface area (Å²) >= 11 is 3.25. The van der Waals surface area contributed by atoms with Crippen LogP contribution in [0.3, 0.4) is 0 Å². The van der Waals surface area contributed by atoms with Crippen molar-refractivity contribution in [3.8, 4) is 0 Å². The molecule has 1 aromatic rings. The third kappa shape index (κ3) is 2.79. The van der Waals surface area contributed by atoms with Gasteiger partial charge >= 0.3 is 0 Å². The first-order valence-electron chi connectivity index (χ1n) is 6.46. The number of carbonyl (C=O) groups is 1. The van der Waals surface area contributed by atoms with Crippen LogP contribution in [0.25, 0.3) is 0 Å². The number of halogens is 1. The molecule has 3 rings (SSSR count). The second kappa shape index (κ2) is 6.48. The van der Waals surface area contributed by atoms with Crippen LogP contribution in [-0.4, -0.2) is 42.2 Å². The molecule has 2 bridgehead atoms. The lowest BCUT2D eigenvalue weighted by Gasteiger charge is -2.27. The Kier molecular flexibility index (Phi) is 5.17. The Morgan fingerprint density at radius 1 is 1.42 bits per heavy atom. The molecule has 2 saturated heterocycles. The van der Waals surface area contributed by atoms with Gasteiger partial charge in [0.25, 0.3) is 5.91 Å². The number of hydrogen-bond acceptors (Lipinski definition) is 4. The van der Waals surface area contributed by atoms with Gasteiger partial charge in [-0.25, -0.2) is 0 Å². The zero-order chi connectivity index (χ0) is 12.5. The predicted molar refractivity (Wildman–Crippen MR) is 83.8 cm³/mol. The minimum absolute atomic E-state index is 0. The number of amides is 1. The van der Waals surface area contributed by atoms with E-state index >= 15 is 0 Å². The molecule has 2 aliphatic heterocycles. The summed E-state index contributed by atoms with van der Waals surface area (Å²) in [5, 5.41) is 5.47. The van der Waals surface area contributed by atoms with Gasteiger partial charge < -0.3 is 10.2 Å². The molecule has 1 aromatic heterocycles. The summed E-state index contributed by atoms with van der Waals surface area (Å²) in [4.78, 5) is 17.0. The molecule has 0 saturated carbocycles. The van der Waals surface area contributed by atoms with Gasteiger partial charge in [0.2, 0.25) is 0 Å². The first kappa shape index (κ1) is 15.2. The molecular formula is C13H19ClN2OS2. The normalized spacial score (nSPS) is 25.8. The van der Waals surface area contributed by atoms with Crippen molar-refractivity contribution in [1.82, 2.24) is 10.2 Å². The van der Waals surface area contributed by atoms with Crippen molar-refractivity contribution in [3.05, 3.63) is 16.3 Å². The quantitative estimate of drug-likeness (QED) is 0.851. The molecule has 2 atom stereocenters. The highest BCUT2D eigenvalue weighted by Crippen LogP contribution is 2.33. The van der Waals surface area contributed by atoms with Gasteiger partial charge in [0.05, 0.1) is 0 Å². The van der Waals surface area contributed by atoms with Crippen molar-refractivity contribution in [2.45, 2.75) is 36.2 Å². The van der Waals surface area contributed by atoms with Crippen molar-refractivity contribution in [2.75, 3.05) is 19.3 Å². The molecule has 2 aliphatic rings. The summed E-state index contributed by atoms with van der Waals surface area (Å²) in [5.74, 6) is 0.255. The Bertz CT molecular complexity index is 438. The second-order valence-corrected chi connectivity index (χ2v) is 6.67. The number of fused-ring (bicyclic) bond motifs is 2. The van der Waals surface area contributed by atoms with Crippen LogP contribution in [0.5, 0.6) is 0 Å². The van der Waals surface area contributed by atoms with Gasteiger partial charge in [0, 0.05) is 23.5 Å². The lowest BCUT2D eigenvalue weighted by Crippen LogP contribution is -2.42. The van der Waals surface area contributed by atoms with E-state index in [9.17, 15) is 4.79 Å². The number of thioether (sulfide) groups is 1. The molecule has 0 aliphatic carbocycles. The van der Waals surface area contributed by atoms with Crippen molar-refractivity contribution in [1.29, 1.82) is 0 Å². The first-order chi connectivity index (χ1) is 8.81. The van der Waals surface area contributed by atoms with Crippen LogP contribution in [0.15, 0.2) is 16.3 Å². The SMILES string of the molecule is CSc1ccsc1C(=O)N1C2CCNCC1CC2.Cl. The highest BCUT2D eigenvalue weighted by atomic mass is 35.5. The van der Waals surface area contributed by atoms with E-state index in [1.54, 1.807) is 23.1 Å². The van der Waals surface area contributed by atoms with E-state index in [0.717, 1.165) is 35.7 Å². The standard InChI is InChI=1S/C13H18N2OS2.ClH/c1-17-11-5-7-18-12(11)13(16)15-9-2-3-10(15)8-14-6-4-9;/h5,7,9-10,14H,2-4,6,8H2,1H3;1H. The molecule has 106 valence electrons. The third-order valence-corrected chi connectivity index (χ3v) is 5.74. The molecule has 2 unspecified atom stereocenters. The van der Waals surface area contributed by atoms with Gasteiger partial charge in [0.15, 0.2) is 0 Å². The fourth-order valence-corrected chi connectivity index (χ4v) is 4.73. The molecule has 6 heteroatoms. The Morgan fingerprint density at radius 3 is 3.00 bits per heavy atom. The molecule has 1 amide bonds. The van der Waals surface area contributed by atoms with E-state index < -0.39 is 0 Å². The van der Waals surface area contributed by atoms with Gasteiger partial charge in [-0.05, 0) is 43.5 Å². The zero-order valence-corrected chi connectivity index (χ0v) is 13.4. The fourth-order valence-electron chi connectivity index (χ4n) is 3.05. The molecule has 3 heterocycles. The molecule has 0 spiro atoms. The number of thiophene rings is 1. The molecule has 0 aromatic carbocycles. The van der Waals surface area contributed by atoms with Crippen LogP contribution in [0.1, 0.15) is 28.9 Å². The predicted octanol–water partition coefficient (Wildman–Crippen LogP) is 2.86. The topological polar surface area (TPSA) is 32.3 Å². The molecular weight excluding hydrogens is 300 g/mol. The largest absolute Gasteiger partial charge is 0.331 e. The molecule has 3 nitrogen and oxygen atoms in total. The van der Waals surface area contributed by atoms with E-state index in [-0.39, 0.29) is 18.3 Å². The van der Waals surface area contributed by atoms with Crippen LogP contribution in [0.2, 0.25) is 0 Å². The third-order valence-electron chi connectivity index (χ3n) is 3.93. The van der Waals surface area contributed by atoms with E-state index in [1.165, 1.54) is 6.42 Å². The minimum Gasteiger partial charge on any atom is -0.331 e. The van der Waals surface area contributed by atoms with Crippen LogP contribution in [0, 0.1) is 0 Å². The van der Waals surface area contributed by atoms with Crippen LogP contribution < -0.4 is 5.32 Å². The number of rotatable bonds is 2. The van der Waals surface area contributed by atoms with Crippen molar-refractivity contribution < 1.29 is 4.79 Å². The minimum atomic E-state index is 0. The summed E-state index contributed by atoms with van der Waals surface area (Å²) in [6, 6.07) is 2.91. The first-order valence-corrected chi connectivity index (χ1v) is 8.56. The summed E-state index contributed by atoms with van der Waals surface area (Å²) < 4.78 is 0. The van der Waals surface area contributed by atoms with Gasteiger partial charge in [-0.1, -0.05) is 0 Å². The number of nitrogens with one attached hydrogen (secondary N) is 1. The summed E-state index contributed by atoms with van der Waals surface area (Å²) in [6.07, 6.45) is 5.47. The van der Waals surface area contributed by atoms with E-state index in [1.807, 2.05) is 11.6 Å². The summed E-state index contributed by atoms with van der Waals surface area (Å²) in [7, 11) is 0. The summed E-state index contributed by atoms with van der Waals surface area (Å²) in [5.41, 5.74) is 0. The average Bonchev–Trinajstić information content (AvgIpc) is 2.91. The average molecular weight is 319 g/mol. The number of nitrogens with zero attached hydrogens (tertiary/aromatic N) is 1. The lowest BCUT2D eigenvalue weighted by atomic mass is 10.1. The molecule has 2 fully saturated rings. The number of hydrogen-bond donors (Lipinski definition) is 1. The smallest absolute Gasteiger partial charge is 0.265 e. The number of carbonyl (C=O) groups excluding carboxylic acids is 1. The lowest BCUT2D eigenvalue weighted by molar-refractivity contribution is 0.0682. The maximum absolute atomic E-state index is 12.7. The highest BCUT2D eigenvalue weighted by molar-refractivity contribution is 7.98. The van der Waals surface area contributed by atoms with Crippen LogP contribution in [-0.2, 0) is 0 Å². The molecule has 1 N–H and O–H groups in total. The van der Waals surface area contributed by atoms with Crippen molar-refractivity contribution >= 4 is 41.4 Å². The van der Waals surface area contributed by atoms with Gasteiger partial charge in [-0.15, -0.1) is 35.5 Å². The summed E-state index contributed by atoms with van der Waals surface area (Å²) in [6.45, 7) is 2.01. The Balaban J connectivity index is 0.00000133. The Labute approximate surface area is 128 Å². The second-order valence-electron chi connectivity index (χ2n) is 4.91. The monoisotopic (exact) mass is 318 g/mol. The highest BCUT2D eigenvalue weighted by Gasteiger charge is 2.39. The Morgan fingerprint density at radius 2 is 2.21 bits per heavy atom. The van der Waals surface area contributed by atoms with Gasteiger partial charge in [-0.2, -0.15) is 0 Å².